The molecular weight excluding hydrogens is 282 g/mol. The molecule has 0 N–H and O–H groups in total. The second-order valence-electron chi connectivity index (χ2n) is 5.46. The molecule has 0 bridgehead atoms. The molecule has 1 aliphatic heterocycles. The predicted molar refractivity (Wildman–Crippen MR) is 82.1 cm³/mol. The van der Waals surface area contributed by atoms with E-state index in [-0.39, 0.29) is 11.2 Å². The molecule has 0 radical (unpaired) electrons. The largest absolute Gasteiger partial charge is 0.281 e. The van der Waals surface area contributed by atoms with Crippen LogP contribution in [-0.4, -0.2) is 14.3 Å². The van der Waals surface area contributed by atoms with Crippen LogP contribution < -0.4 is 5.56 Å². The third kappa shape index (κ3) is 1.77. The van der Waals surface area contributed by atoms with Gasteiger partial charge in [0.05, 0.1) is 22.4 Å². The van der Waals surface area contributed by atoms with Crippen LogP contribution in [0.25, 0.3) is 10.9 Å². The summed E-state index contributed by atoms with van der Waals surface area (Å²) in [5.74, 6) is 0. The third-order valence-electron chi connectivity index (χ3n) is 4.26. The lowest BCUT2D eigenvalue weighted by molar-refractivity contribution is -0.384. The molecule has 110 valence electrons. The Morgan fingerprint density at radius 2 is 1.82 bits per heavy atom. The highest BCUT2D eigenvalue weighted by atomic mass is 16.6. The highest BCUT2D eigenvalue weighted by Crippen LogP contribution is 2.22. The number of nitro benzene ring substituents is 1. The molecule has 3 aromatic rings. The van der Waals surface area contributed by atoms with Crippen LogP contribution in [0.1, 0.15) is 11.1 Å². The standard InChI is InChI=1S/C16H13N3O3/c20-16-14-9-13(19(21)22)5-6-15(14)17-8-7-11-3-1-2-4-12(11)10-18(16)17/h1-6,9H,7-8,10H2. The molecule has 0 saturated heterocycles. The molecular formula is C16H13N3O3. The number of nitrogens with zero attached hydrogens (tertiary/aromatic N) is 3. The lowest BCUT2D eigenvalue weighted by Crippen LogP contribution is -2.22. The zero-order valence-corrected chi connectivity index (χ0v) is 11.7. The van der Waals surface area contributed by atoms with Crippen molar-refractivity contribution in [3.63, 3.8) is 0 Å². The van der Waals surface area contributed by atoms with Crippen molar-refractivity contribution in [1.29, 1.82) is 0 Å². The highest BCUT2D eigenvalue weighted by molar-refractivity contribution is 5.81. The third-order valence-corrected chi connectivity index (χ3v) is 4.26. The van der Waals surface area contributed by atoms with Crippen molar-refractivity contribution in [3.05, 3.63) is 74.1 Å². The molecule has 6 heteroatoms. The van der Waals surface area contributed by atoms with Crippen LogP contribution in [0.5, 0.6) is 0 Å². The minimum absolute atomic E-state index is 0.0497. The van der Waals surface area contributed by atoms with Gasteiger partial charge in [0, 0.05) is 18.7 Å². The summed E-state index contributed by atoms with van der Waals surface area (Å²) in [6, 6.07) is 12.6. The second-order valence-corrected chi connectivity index (χ2v) is 5.46. The van der Waals surface area contributed by atoms with E-state index in [4.69, 9.17) is 0 Å². The first kappa shape index (κ1) is 12.8. The quantitative estimate of drug-likeness (QED) is 0.511. The molecule has 0 fully saturated rings. The van der Waals surface area contributed by atoms with E-state index < -0.39 is 4.92 Å². The van der Waals surface area contributed by atoms with Gasteiger partial charge in [-0.05, 0) is 23.6 Å². The fourth-order valence-corrected chi connectivity index (χ4v) is 3.15. The van der Waals surface area contributed by atoms with Crippen molar-refractivity contribution in [2.24, 2.45) is 0 Å². The van der Waals surface area contributed by atoms with Crippen LogP contribution in [0, 0.1) is 10.1 Å². The minimum Gasteiger partial charge on any atom is -0.281 e. The van der Waals surface area contributed by atoms with Gasteiger partial charge >= 0.3 is 0 Å². The Labute approximate surface area is 125 Å². The maximum atomic E-state index is 12.6. The summed E-state index contributed by atoms with van der Waals surface area (Å²) in [6.45, 7) is 1.19. The molecule has 6 nitrogen and oxygen atoms in total. The van der Waals surface area contributed by atoms with E-state index in [2.05, 4.69) is 6.07 Å². The molecule has 0 aliphatic carbocycles. The Kier molecular flexibility index (Phi) is 2.66. The van der Waals surface area contributed by atoms with E-state index in [1.54, 1.807) is 10.7 Å². The van der Waals surface area contributed by atoms with Gasteiger partial charge in [0.2, 0.25) is 0 Å². The van der Waals surface area contributed by atoms with Crippen LogP contribution in [0.4, 0.5) is 5.69 Å². The molecule has 1 aliphatic rings. The number of hydrogen-bond donors (Lipinski definition) is 0. The van der Waals surface area contributed by atoms with Crippen molar-refractivity contribution < 1.29 is 4.92 Å². The molecule has 2 aromatic carbocycles. The average Bonchev–Trinajstić information content (AvgIpc) is 2.69. The van der Waals surface area contributed by atoms with Crippen molar-refractivity contribution in [1.82, 2.24) is 9.36 Å². The minimum atomic E-state index is -0.471. The van der Waals surface area contributed by atoms with E-state index in [0.717, 1.165) is 17.5 Å². The molecule has 22 heavy (non-hydrogen) atoms. The highest BCUT2D eigenvalue weighted by Gasteiger charge is 2.20. The normalized spacial score (nSPS) is 13.5. The van der Waals surface area contributed by atoms with Gasteiger partial charge in [0.1, 0.15) is 0 Å². The number of aromatic nitrogens is 2. The van der Waals surface area contributed by atoms with Crippen LogP contribution in [-0.2, 0) is 19.5 Å². The summed E-state index contributed by atoms with van der Waals surface area (Å²) < 4.78 is 3.61. The maximum absolute atomic E-state index is 12.6. The summed E-state index contributed by atoms with van der Waals surface area (Å²) >= 11 is 0. The second kappa shape index (κ2) is 4.56. The van der Waals surface area contributed by atoms with Gasteiger partial charge in [-0.3, -0.25) is 19.6 Å². The Morgan fingerprint density at radius 3 is 2.59 bits per heavy atom. The monoisotopic (exact) mass is 295 g/mol. The fraction of sp³-hybridized carbons (Fsp3) is 0.188. The number of aryl methyl sites for hydroxylation is 2. The van der Waals surface area contributed by atoms with Crippen LogP contribution in [0.15, 0.2) is 47.3 Å². The van der Waals surface area contributed by atoms with Crippen molar-refractivity contribution in [3.8, 4) is 0 Å². The number of rotatable bonds is 1. The molecule has 0 unspecified atom stereocenters. The van der Waals surface area contributed by atoms with Crippen LogP contribution in [0.3, 0.4) is 0 Å². The van der Waals surface area contributed by atoms with Gasteiger partial charge in [0.25, 0.3) is 11.2 Å². The summed E-state index contributed by atoms with van der Waals surface area (Å²) in [5.41, 5.74) is 2.90. The molecule has 0 spiro atoms. The summed E-state index contributed by atoms with van der Waals surface area (Å²) in [6.07, 6.45) is 0.844. The average molecular weight is 295 g/mol. The zero-order chi connectivity index (χ0) is 15.3. The lowest BCUT2D eigenvalue weighted by Gasteiger charge is -2.07. The van der Waals surface area contributed by atoms with Gasteiger partial charge in [-0.1, -0.05) is 24.3 Å². The first-order valence-corrected chi connectivity index (χ1v) is 7.10. The number of hydrogen-bond acceptors (Lipinski definition) is 3. The SMILES string of the molecule is O=c1c2cc([N+](=O)[O-])ccc2n2n1Cc1ccccc1CC2. The number of benzene rings is 2. The van der Waals surface area contributed by atoms with Gasteiger partial charge in [-0.15, -0.1) is 0 Å². The smallest absolute Gasteiger partial charge is 0.275 e. The van der Waals surface area contributed by atoms with Gasteiger partial charge in [-0.2, -0.15) is 0 Å². The summed E-state index contributed by atoms with van der Waals surface area (Å²) in [7, 11) is 0. The van der Waals surface area contributed by atoms with E-state index in [9.17, 15) is 14.9 Å². The van der Waals surface area contributed by atoms with Crippen LogP contribution >= 0.6 is 0 Å². The topological polar surface area (TPSA) is 70.1 Å². The number of non-ortho nitro benzene ring substituents is 1. The summed E-state index contributed by atoms with van der Waals surface area (Å²) in [4.78, 5) is 23.1. The van der Waals surface area contributed by atoms with Gasteiger partial charge < -0.3 is 0 Å². The molecule has 1 aromatic heterocycles. The molecule has 2 heterocycles. The van der Waals surface area contributed by atoms with Crippen LogP contribution in [0.2, 0.25) is 0 Å². The molecule has 0 atom stereocenters. The van der Waals surface area contributed by atoms with Crippen molar-refractivity contribution >= 4 is 16.6 Å². The molecule has 4 rings (SSSR count). The number of fused-ring (bicyclic) bond motifs is 4. The van der Waals surface area contributed by atoms with E-state index in [1.165, 1.54) is 17.7 Å². The predicted octanol–water partition coefficient (Wildman–Crippen LogP) is 2.32. The molecule has 0 amide bonds. The van der Waals surface area contributed by atoms with E-state index >= 15 is 0 Å². The number of nitro groups is 1. The molecule has 0 saturated carbocycles. The maximum Gasteiger partial charge on any atom is 0.275 e. The zero-order valence-electron chi connectivity index (χ0n) is 11.7. The van der Waals surface area contributed by atoms with Crippen molar-refractivity contribution in [2.75, 3.05) is 0 Å². The summed E-state index contributed by atoms with van der Waals surface area (Å²) in [5, 5.41) is 11.3. The Hall–Kier alpha value is -2.89. The van der Waals surface area contributed by atoms with Gasteiger partial charge in [-0.25, -0.2) is 4.68 Å². The lowest BCUT2D eigenvalue weighted by atomic mass is 10.1. The van der Waals surface area contributed by atoms with Gasteiger partial charge in [0.15, 0.2) is 0 Å². The fourth-order valence-electron chi connectivity index (χ4n) is 3.15. The van der Waals surface area contributed by atoms with E-state index in [1.807, 2.05) is 22.9 Å². The Morgan fingerprint density at radius 1 is 1.05 bits per heavy atom. The van der Waals surface area contributed by atoms with E-state index in [0.29, 0.717) is 18.5 Å². The van der Waals surface area contributed by atoms with Crippen molar-refractivity contribution in [2.45, 2.75) is 19.5 Å². The Bertz CT molecular complexity index is 968. The Balaban J connectivity index is 1.96. The first-order chi connectivity index (χ1) is 10.6. The first-order valence-electron chi connectivity index (χ1n) is 7.10.